The van der Waals surface area contributed by atoms with Crippen molar-refractivity contribution in [3.8, 4) is 0 Å². The number of amides is 1. The molecular weight excluding hydrogens is 366 g/mol. The molecule has 0 saturated heterocycles. The number of carbonyl (C=O) groups is 2. The highest BCUT2D eigenvalue weighted by Gasteiger charge is 2.13. The van der Waals surface area contributed by atoms with Crippen LogP contribution in [0.5, 0.6) is 0 Å². The molecule has 0 fully saturated rings. The van der Waals surface area contributed by atoms with Gasteiger partial charge in [-0.15, -0.1) is 0 Å². The standard InChI is InChI=1S/C12H13Br2NO3/c1-7(5-12(17)18)4-11(16)15-10-3-2-8(13)6-9(10)14/h2-3,6-7H,4-5H2,1H3,(H,15,16)(H,17,18). The molecule has 1 atom stereocenters. The maximum absolute atomic E-state index is 11.7. The van der Waals surface area contributed by atoms with Gasteiger partial charge in [0.15, 0.2) is 0 Å². The molecule has 0 saturated carbocycles. The molecule has 1 unspecified atom stereocenters. The molecule has 6 heteroatoms. The number of hydrogen-bond acceptors (Lipinski definition) is 2. The molecule has 1 rings (SSSR count). The fourth-order valence-electron chi connectivity index (χ4n) is 1.48. The summed E-state index contributed by atoms with van der Waals surface area (Å²) < 4.78 is 1.68. The maximum Gasteiger partial charge on any atom is 0.303 e. The van der Waals surface area contributed by atoms with Crippen LogP contribution in [-0.2, 0) is 9.59 Å². The molecule has 1 aromatic carbocycles. The van der Waals surface area contributed by atoms with Crippen LogP contribution in [0.2, 0.25) is 0 Å². The minimum atomic E-state index is -0.889. The monoisotopic (exact) mass is 377 g/mol. The summed E-state index contributed by atoms with van der Waals surface area (Å²) in [6.45, 7) is 1.74. The summed E-state index contributed by atoms with van der Waals surface area (Å²) in [5.41, 5.74) is 0.672. The number of anilines is 1. The molecule has 0 aliphatic carbocycles. The van der Waals surface area contributed by atoms with Crippen molar-refractivity contribution >= 4 is 49.4 Å². The molecule has 0 heterocycles. The first-order valence-corrected chi connectivity index (χ1v) is 6.93. The highest BCUT2D eigenvalue weighted by molar-refractivity contribution is 9.11. The lowest BCUT2D eigenvalue weighted by Gasteiger charge is -2.10. The average Bonchev–Trinajstić information content (AvgIpc) is 2.20. The SMILES string of the molecule is CC(CC(=O)O)CC(=O)Nc1ccc(Br)cc1Br. The van der Waals surface area contributed by atoms with Crippen molar-refractivity contribution in [3.05, 3.63) is 27.1 Å². The van der Waals surface area contributed by atoms with Crippen LogP contribution in [0, 0.1) is 5.92 Å². The van der Waals surface area contributed by atoms with Crippen LogP contribution in [-0.4, -0.2) is 17.0 Å². The molecule has 18 heavy (non-hydrogen) atoms. The molecule has 4 nitrogen and oxygen atoms in total. The topological polar surface area (TPSA) is 66.4 Å². The third kappa shape index (κ3) is 5.18. The van der Waals surface area contributed by atoms with E-state index in [2.05, 4.69) is 37.2 Å². The van der Waals surface area contributed by atoms with E-state index >= 15 is 0 Å². The number of nitrogens with one attached hydrogen (secondary N) is 1. The van der Waals surface area contributed by atoms with E-state index in [4.69, 9.17) is 5.11 Å². The Balaban J connectivity index is 2.56. The summed E-state index contributed by atoms with van der Waals surface area (Å²) in [5, 5.41) is 11.4. The van der Waals surface area contributed by atoms with Crippen LogP contribution in [0.3, 0.4) is 0 Å². The van der Waals surface area contributed by atoms with Crippen molar-refractivity contribution in [2.24, 2.45) is 5.92 Å². The predicted molar refractivity (Wildman–Crippen MR) is 76.5 cm³/mol. The smallest absolute Gasteiger partial charge is 0.303 e. The highest BCUT2D eigenvalue weighted by Crippen LogP contribution is 2.26. The van der Waals surface area contributed by atoms with Gasteiger partial charge in [0.25, 0.3) is 0 Å². The van der Waals surface area contributed by atoms with Gasteiger partial charge in [-0.25, -0.2) is 0 Å². The van der Waals surface area contributed by atoms with E-state index in [0.29, 0.717) is 5.69 Å². The normalized spacial score (nSPS) is 11.9. The first-order valence-electron chi connectivity index (χ1n) is 5.35. The molecule has 0 bridgehead atoms. The van der Waals surface area contributed by atoms with Crippen LogP contribution in [0.25, 0.3) is 0 Å². The zero-order valence-electron chi connectivity index (χ0n) is 9.74. The highest BCUT2D eigenvalue weighted by atomic mass is 79.9. The van der Waals surface area contributed by atoms with Gasteiger partial charge in [-0.05, 0) is 40.0 Å². The number of aliphatic carboxylic acids is 1. The second-order valence-electron chi connectivity index (χ2n) is 4.08. The molecule has 1 aromatic rings. The Hall–Kier alpha value is -0.880. The van der Waals surface area contributed by atoms with E-state index in [-0.39, 0.29) is 24.7 Å². The summed E-state index contributed by atoms with van der Waals surface area (Å²) in [5.74, 6) is -1.26. The van der Waals surface area contributed by atoms with Crippen LogP contribution in [0.1, 0.15) is 19.8 Å². The largest absolute Gasteiger partial charge is 0.481 e. The van der Waals surface area contributed by atoms with E-state index in [1.165, 1.54) is 0 Å². The molecule has 1 amide bonds. The first kappa shape index (κ1) is 15.2. The Morgan fingerprint density at radius 3 is 2.56 bits per heavy atom. The lowest BCUT2D eigenvalue weighted by Crippen LogP contribution is -2.17. The first-order chi connectivity index (χ1) is 8.38. The second-order valence-corrected chi connectivity index (χ2v) is 5.85. The third-order valence-corrected chi connectivity index (χ3v) is 3.41. The number of benzene rings is 1. The van der Waals surface area contributed by atoms with E-state index < -0.39 is 5.97 Å². The van der Waals surface area contributed by atoms with Gasteiger partial charge in [-0.2, -0.15) is 0 Å². The molecule has 98 valence electrons. The average molecular weight is 379 g/mol. The van der Waals surface area contributed by atoms with Gasteiger partial charge in [0.05, 0.1) is 5.69 Å². The van der Waals surface area contributed by atoms with Gasteiger partial charge < -0.3 is 10.4 Å². The molecule has 0 aliphatic rings. The van der Waals surface area contributed by atoms with Gasteiger partial charge in [0.1, 0.15) is 0 Å². The van der Waals surface area contributed by atoms with Crippen LogP contribution >= 0.6 is 31.9 Å². The van der Waals surface area contributed by atoms with Gasteiger partial charge in [-0.3, -0.25) is 9.59 Å². The molecule has 2 N–H and O–H groups in total. The maximum atomic E-state index is 11.7. The van der Waals surface area contributed by atoms with Gasteiger partial charge >= 0.3 is 5.97 Å². The van der Waals surface area contributed by atoms with Crippen molar-refractivity contribution in [2.75, 3.05) is 5.32 Å². The second kappa shape index (κ2) is 6.89. The predicted octanol–water partition coefficient (Wildman–Crippen LogP) is 3.65. The van der Waals surface area contributed by atoms with E-state index in [0.717, 1.165) is 8.95 Å². The zero-order valence-corrected chi connectivity index (χ0v) is 12.9. The van der Waals surface area contributed by atoms with Crippen molar-refractivity contribution in [1.82, 2.24) is 0 Å². The van der Waals surface area contributed by atoms with Gasteiger partial charge in [0.2, 0.25) is 5.91 Å². The van der Waals surface area contributed by atoms with Crippen molar-refractivity contribution < 1.29 is 14.7 Å². The minimum Gasteiger partial charge on any atom is -0.481 e. The quantitative estimate of drug-likeness (QED) is 0.821. The molecule has 0 aliphatic heterocycles. The number of carboxylic acids is 1. The Kier molecular flexibility index (Phi) is 5.81. The number of carboxylic acid groups (broad SMARTS) is 1. The van der Waals surface area contributed by atoms with Crippen molar-refractivity contribution in [3.63, 3.8) is 0 Å². The third-order valence-electron chi connectivity index (χ3n) is 2.26. The molecule has 0 radical (unpaired) electrons. The Bertz CT molecular complexity index is 463. The fraction of sp³-hybridized carbons (Fsp3) is 0.333. The van der Waals surface area contributed by atoms with Gasteiger partial charge in [0, 0.05) is 21.8 Å². The zero-order chi connectivity index (χ0) is 13.7. The number of hydrogen-bond donors (Lipinski definition) is 2. The molecule has 0 aromatic heterocycles. The van der Waals surface area contributed by atoms with Crippen LogP contribution in [0.15, 0.2) is 27.1 Å². The van der Waals surface area contributed by atoms with Gasteiger partial charge in [-0.1, -0.05) is 22.9 Å². The number of halogens is 2. The molecular formula is C12H13Br2NO3. The lowest BCUT2D eigenvalue weighted by atomic mass is 10.0. The van der Waals surface area contributed by atoms with Crippen LogP contribution < -0.4 is 5.32 Å². The van der Waals surface area contributed by atoms with Crippen LogP contribution in [0.4, 0.5) is 5.69 Å². The Morgan fingerprint density at radius 1 is 1.33 bits per heavy atom. The summed E-state index contributed by atoms with van der Waals surface area (Å²) in [7, 11) is 0. The minimum absolute atomic E-state index is 0.00503. The van der Waals surface area contributed by atoms with E-state index in [1.807, 2.05) is 12.1 Å². The Morgan fingerprint density at radius 2 is 2.00 bits per heavy atom. The van der Waals surface area contributed by atoms with E-state index in [1.54, 1.807) is 13.0 Å². The summed E-state index contributed by atoms with van der Waals surface area (Å²) >= 11 is 6.67. The van der Waals surface area contributed by atoms with Crippen molar-refractivity contribution in [2.45, 2.75) is 19.8 Å². The number of carbonyl (C=O) groups excluding carboxylic acids is 1. The summed E-state index contributed by atoms with van der Waals surface area (Å²) in [6, 6.07) is 5.42. The summed E-state index contributed by atoms with van der Waals surface area (Å²) in [6.07, 6.45) is 0.184. The Labute approximate surface area is 122 Å². The molecule has 0 spiro atoms. The van der Waals surface area contributed by atoms with E-state index in [9.17, 15) is 9.59 Å². The van der Waals surface area contributed by atoms with Crippen molar-refractivity contribution in [1.29, 1.82) is 0 Å². The summed E-state index contributed by atoms with van der Waals surface area (Å²) in [4.78, 5) is 22.2. The number of rotatable bonds is 5. The fourth-order valence-corrected chi connectivity index (χ4v) is 2.63. The lowest BCUT2D eigenvalue weighted by molar-refractivity contribution is -0.138.